The van der Waals surface area contributed by atoms with Crippen LogP contribution >= 0.6 is 23.2 Å². The highest BCUT2D eigenvalue weighted by Crippen LogP contribution is 2.26. The predicted molar refractivity (Wildman–Crippen MR) is 115 cm³/mol. The summed E-state index contributed by atoms with van der Waals surface area (Å²) in [4.78, 5) is 25.1. The van der Waals surface area contributed by atoms with E-state index in [1.807, 2.05) is 25.1 Å². The van der Waals surface area contributed by atoms with Crippen LogP contribution in [0.4, 0.5) is 0 Å². The molecule has 30 heavy (non-hydrogen) atoms. The second-order valence-electron chi connectivity index (χ2n) is 6.52. The average molecular weight is 441 g/mol. The van der Waals surface area contributed by atoms with Crippen molar-refractivity contribution in [3.05, 3.63) is 98.3 Å². The van der Waals surface area contributed by atoms with Crippen molar-refractivity contribution >= 4 is 40.1 Å². The summed E-state index contributed by atoms with van der Waals surface area (Å²) in [6.45, 7) is 1.93. The number of halogens is 2. The van der Waals surface area contributed by atoms with Crippen molar-refractivity contribution in [2.24, 2.45) is 0 Å². The van der Waals surface area contributed by atoms with Crippen LogP contribution in [0.15, 0.2) is 76.1 Å². The highest BCUT2D eigenvalue weighted by molar-refractivity contribution is 6.36. The second-order valence-corrected chi connectivity index (χ2v) is 7.36. The fourth-order valence-corrected chi connectivity index (χ4v) is 3.33. The van der Waals surface area contributed by atoms with Crippen molar-refractivity contribution in [2.45, 2.75) is 6.92 Å². The van der Waals surface area contributed by atoms with Gasteiger partial charge in [0.15, 0.2) is 0 Å². The van der Waals surface area contributed by atoms with Crippen LogP contribution in [-0.4, -0.2) is 5.97 Å². The van der Waals surface area contributed by atoms with Crippen LogP contribution in [0.5, 0.6) is 17.2 Å². The highest BCUT2D eigenvalue weighted by Gasteiger charge is 2.15. The second kappa shape index (κ2) is 8.22. The van der Waals surface area contributed by atoms with Crippen LogP contribution in [0.3, 0.4) is 0 Å². The zero-order chi connectivity index (χ0) is 21.3. The predicted octanol–water partition coefficient (Wildman–Crippen LogP) is 6.42. The minimum absolute atomic E-state index is 0.0609. The number of fused-ring (bicyclic) bond motifs is 1. The number of hydrogen-bond donors (Lipinski definition) is 0. The molecule has 0 aliphatic carbocycles. The Morgan fingerprint density at radius 2 is 1.80 bits per heavy atom. The number of rotatable bonds is 4. The molecule has 0 saturated carbocycles. The van der Waals surface area contributed by atoms with Gasteiger partial charge in [0, 0.05) is 11.1 Å². The van der Waals surface area contributed by atoms with Crippen LogP contribution in [0.2, 0.25) is 10.0 Å². The molecule has 1 heterocycles. The van der Waals surface area contributed by atoms with Gasteiger partial charge in [-0.05, 0) is 55.0 Å². The lowest BCUT2D eigenvalue weighted by Gasteiger charge is -2.08. The fraction of sp³-hybridized carbons (Fsp3) is 0.0435. The molecule has 3 aromatic carbocycles. The van der Waals surface area contributed by atoms with E-state index in [0.717, 1.165) is 5.56 Å². The standard InChI is InChI=1S/C23H14Cl2O5/c1-13-3-2-4-15(9-13)29-21-12-28-20-11-16(6-8-18(20)22(21)26)30-23(27)17-7-5-14(24)10-19(17)25/h2-12H,1H3. The monoisotopic (exact) mass is 440 g/mol. The topological polar surface area (TPSA) is 65.7 Å². The van der Waals surface area contributed by atoms with Gasteiger partial charge in [0.1, 0.15) is 23.3 Å². The van der Waals surface area contributed by atoms with Crippen molar-refractivity contribution in [2.75, 3.05) is 0 Å². The highest BCUT2D eigenvalue weighted by atomic mass is 35.5. The van der Waals surface area contributed by atoms with Crippen LogP contribution in [0, 0.1) is 6.92 Å². The number of hydrogen-bond acceptors (Lipinski definition) is 5. The molecule has 4 rings (SSSR count). The summed E-state index contributed by atoms with van der Waals surface area (Å²) in [5.74, 6) is 0.143. The van der Waals surface area contributed by atoms with E-state index in [1.54, 1.807) is 12.1 Å². The third-order valence-corrected chi connectivity index (χ3v) is 4.84. The molecular formula is C23H14Cl2O5. The summed E-state index contributed by atoms with van der Waals surface area (Å²) in [5, 5.41) is 0.884. The average Bonchev–Trinajstić information content (AvgIpc) is 2.70. The lowest BCUT2D eigenvalue weighted by atomic mass is 10.2. The van der Waals surface area contributed by atoms with Gasteiger partial charge < -0.3 is 13.9 Å². The molecule has 0 N–H and O–H groups in total. The summed E-state index contributed by atoms with van der Waals surface area (Å²) in [6.07, 6.45) is 1.23. The maximum absolute atomic E-state index is 12.7. The minimum atomic E-state index is -0.655. The normalized spacial score (nSPS) is 10.8. The number of aryl methyl sites for hydroxylation is 1. The van der Waals surface area contributed by atoms with Crippen molar-refractivity contribution in [1.29, 1.82) is 0 Å². The zero-order valence-corrected chi connectivity index (χ0v) is 17.2. The Balaban J connectivity index is 1.60. The van der Waals surface area contributed by atoms with Crippen molar-refractivity contribution in [1.82, 2.24) is 0 Å². The molecule has 0 unspecified atom stereocenters. The number of carbonyl (C=O) groups is 1. The number of esters is 1. The smallest absolute Gasteiger partial charge is 0.345 e. The van der Waals surface area contributed by atoms with Crippen molar-refractivity contribution in [3.8, 4) is 17.2 Å². The van der Waals surface area contributed by atoms with E-state index in [4.69, 9.17) is 37.1 Å². The first kappa shape index (κ1) is 20.0. The van der Waals surface area contributed by atoms with Gasteiger partial charge in [-0.25, -0.2) is 4.79 Å². The van der Waals surface area contributed by atoms with Crippen molar-refractivity contribution < 1.29 is 18.7 Å². The Kier molecular flexibility index (Phi) is 5.48. The van der Waals surface area contributed by atoms with Crippen molar-refractivity contribution in [3.63, 3.8) is 0 Å². The molecule has 0 atom stereocenters. The third-order valence-electron chi connectivity index (χ3n) is 4.29. The van der Waals surface area contributed by atoms with E-state index in [1.165, 1.54) is 36.6 Å². The quantitative estimate of drug-likeness (QED) is 0.270. The van der Waals surface area contributed by atoms with Gasteiger partial charge in [-0.2, -0.15) is 0 Å². The van der Waals surface area contributed by atoms with Gasteiger partial charge >= 0.3 is 5.97 Å². The van der Waals surface area contributed by atoms with Crippen LogP contribution in [-0.2, 0) is 0 Å². The first-order valence-corrected chi connectivity index (χ1v) is 9.63. The third kappa shape index (κ3) is 4.17. The first-order valence-electron chi connectivity index (χ1n) is 8.88. The summed E-state index contributed by atoms with van der Waals surface area (Å²) in [5.41, 5.74) is 1.09. The van der Waals surface area contributed by atoms with Gasteiger partial charge in [-0.3, -0.25) is 4.79 Å². The molecule has 0 bridgehead atoms. The van der Waals surface area contributed by atoms with Gasteiger partial charge in [-0.15, -0.1) is 0 Å². The summed E-state index contributed by atoms with van der Waals surface area (Å²) < 4.78 is 16.5. The van der Waals surface area contributed by atoms with E-state index in [-0.39, 0.29) is 33.1 Å². The Hall–Kier alpha value is -3.28. The molecule has 0 fully saturated rings. The molecule has 0 saturated heterocycles. The first-order chi connectivity index (χ1) is 14.4. The molecule has 0 radical (unpaired) electrons. The number of carbonyl (C=O) groups excluding carboxylic acids is 1. The van der Waals surface area contributed by atoms with Crippen LogP contribution in [0.25, 0.3) is 11.0 Å². The van der Waals surface area contributed by atoms with E-state index in [9.17, 15) is 9.59 Å². The molecule has 0 spiro atoms. The maximum atomic E-state index is 12.7. The van der Waals surface area contributed by atoms with E-state index in [0.29, 0.717) is 16.2 Å². The Morgan fingerprint density at radius 1 is 0.967 bits per heavy atom. The Labute approximate surface area is 181 Å². The molecule has 1 aromatic heterocycles. The maximum Gasteiger partial charge on any atom is 0.345 e. The van der Waals surface area contributed by atoms with Gasteiger partial charge in [-0.1, -0.05) is 35.3 Å². The zero-order valence-electron chi connectivity index (χ0n) is 15.6. The number of ether oxygens (including phenoxy) is 2. The molecule has 4 aromatic rings. The van der Waals surface area contributed by atoms with Crippen LogP contribution < -0.4 is 14.9 Å². The lowest BCUT2D eigenvalue weighted by Crippen LogP contribution is -2.09. The molecule has 150 valence electrons. The molecule has 0 aliphatic heterocycles. The molecule has 0 amide bonds. The molecule has 7 heteroatoms. The molecule has 0 aliphatic rings. The summed E-state index contributed by atoms with van der Waals surface area (Å²) in [6, 6.07) is 16.3. The van der Waals surface area contributed by atoms with Crippen LogP contribution in [0.1, 0.15) is 15.9 Å². The fourth-order valence-electron chi connectivity index (χ4n) is 2.85. The van der Waals surface area contributed by atoms with Gasteiger partial charge in [0.05, 0.1) is 16.0 Å². The molecule has 5 nitrogen and oxygen atoms in total. The van der Waals surface area contributed by atoms with Gasteiger partial charge in [0.2, 0.25) is 11.2 Å². The lowest BCUT2D eigenvalue weighted by molar-refractivity contribution is 0.0735. The van der Waals surface area contributed by atoms with Gasteiger partial charge in [0.25, 0.3) is 0 Å². The van der Waals surface area contributed by atoms with E-state index in [2.05, 4.69) is 0 Å². The summed E-state index contributed by atoms with van der Waals surface area (Å²) >= 11 is 11.9. The Morgan fingerprint density at radius 3 is 2.57 bits per heavy atom. The Bertz CT molecular complexity index is 1330. The number of benzene rings is 3. The SMILES string of the molecule is Cc1cccc(Oc2coc3cc(OC(=O)c4ccc(Cl)cc4Cl)ccc3c2=O)c1. The molecular weight excluding hydrogens is 427 g/mol. The largest absolute Gasteiger partial charge is 0.460 e. The summed E-state index contributed by atoms with van der Waals surface area (Å²) in [7, 11) is 0. The van der Waals surface area contributed by atoms with E-state index >= 15 is 0 Å². The minimum Gasteiger partial charge on any atom is -0.460 e. The van der Waals surface area contributed by atoms with E-state index < -0.39 is 5.97 Å².